The summed E-state index contributed by atoms with van der Waals surface area (Å²) in [5.41, 5.74) is 35.8. The second-order valence-corrected chi connectivity index (χ2v) is 20.0. The molecule has 3 heterocycles. The van der Waals surface area contributed by atoms with Gasteiger partial charge in [-0.05, 0) is 67.2 Å². The molecule has 0 bridgehead atoms. The number of fused-ring (bicyclic) bond motifs is 1. The van der Waals surface area contributed by atoms with Gasteiger partial charge in [-0.1, -0.05) is 78.9 Å². The number of amides is 8. The molecule has 24 nitrogen and oxygen atoms in total. The number of hydrogen-bond acceptors (Lipinski definition) is 12. The van der Waals surface area contributed by atoms with Gasteiger partial charge in [-0.2, -0.15) is 0 Å². The molecule has 79 heavy (non-hydrogen) atoms. The van der Waals surface area contributed by atoms with Crippen LogP contribution in [-0.4, -0.2) is 131 Å². The van der Waals surface area contributed by atoms with Gasteiger partial charge < -0.3 is 70.9 Å². The van der Waals surface area contributed by atoms with E-state index in [4.69, 9.17) is 34.4 Å². The molecule has 5 aromatic rings. The minimum absolute atomic E-state index is 0.00749. The second-order valence-electron chi connectivity index (χ2n) is 18.9. The molecule has 418 valence electrons. The molecule has 3 aromatic carbocycles. The average Bonchev–Trinajstić information content (AvgIpc) is 4.23. The lowest BCUT2D eigenvalue weighted by atomic mass is 9.98. The van der Waals surface area contributed by atoms with Crippen LogP contribution in [0, 0.1) is 0 Å². The number of aromatic nitrogens is 1. The highest BCUT2D eigenvalue weighted by Crippen LogP contribution is 2.23. The van der Waals surface area contributed by atoms with Crippen LogP contribution in [0.5, 0.6) is 0 Å². The largest absolute Gasteiger partial charge is 0.370 e. The maximum absolute atomic E-state index is 14.9. The van der Waals surface area contributed by atoms with Crippen molar-refractivity contribution in [2.45, 2.75) is 100 Å². The van der Waals surface area contributed by atoms with Crippen LogP contribution >= 0.6 is 11.3 Å². The Morgan fingerprint density at radius 1 is 0.633 bits per heavy atom. The SMILES string of the molecule is NC(=O)C[C@H](NC(=O)[C@H](CCCN=C(N)N)NC(=O)[C@@H]1CCCN1C(=O)[C@H](CCCN=C(N)N)NC(=O)[C@H](Cc1ccc(C(=O)c2ccccc2)cc1)NC(=O)[C@H](Cc1c[nH]c2ccccc12)NC(=O)Cc1cccs1)C(N)=O. The van der Waals surface area contributed by atoms with E-state index in [2.05, 4.69) is 41.6 Å². The number of ketones is 1. The van der Waals surface area contributed by atoms with Crippen molar-refractivity contribution >= 4 is 87.2 Å². The zero-order valence-corrected chi connectivity index (χ0v) is 44.2. The molecule has 0 radical (unpaired) electrons. The van der Waals surface area contributed by atoms with Gasteiger partial charge in [-0.3, -0.25) is 53.1 Å². The Hall–Kier alpha value is -9.13. The molecule has 0 unspecified atom stereocenters. The van der Waals surface area contributed by atoms with Crippen LogP contribution in [0.4, 0.5) is 0 Å². The highest BCUT2D eigenvalue weighted by atomic mass is 32.1. The van der Waals surface area contributed by atoms with Gasteiger partial charge in [0.25, 0.3) is 0 Å². The number of aromatic amines is 1. The zero-order valence-electron chi connectivity index (χ0n) is 43.4. The van der Waals surface area contributed by atoms with Crippen LogP contribution in [0.15, 0.2) is 113 Å². The van der Waals surface area contributed by atoms with Crippen LogP contribution < -0.4 is 61.0 Å². The van der Waals surface area contributed by atoms with Gasteiger partial charge in [0.2, 0.25) is 47.3 Å². The number of carbonyl (C=O) groups excluding carboxylic acids is 9. The number of carbonyl (C=O) groups is 9. The molecule has 1 fully saturated rings. The van der Waals surface area contributed by atoms with Crippen molar-refractivity contribution in [2.24, 2.45) is 44.4 Å². The molecule has 0 spiro atoms. The fourth-order valence-corrected chi connectivity index (χ4v) is 9.79. The monoisotopic (exact) mass is 1100 g/mol. The van der Waals surface area contributed by atoms with Crippen molar-refractivity contribution in [2.75, 3.05) is 19.6 Å². The van der Waals surface area contributed by atoms with Crippen LogP contribution in [0.25, 0.3) is 10.9 Å². The van der Waals surface area contributed by atoms with Gasteiger partial charge in [0.1, 0.15) is 36.3 Å². The first-order valence-electron chi connectivity index (χ1n) is 25.6. The van der Waals surface area contributed by atoms with Crippen LogP contribution in [0.2, 0.25) is 0 Å². The number of guanidine groups is 2. The normalized spacial score (nSPS) is 14.8. The van der Waals surface area contributed by atoms with Crippen molar-refractivity contribution in [3.63, 3.8) is 0 Å². The molecule has 25 heteroatoms. The van der Waals surface area contributed by atoms with Gasteiger partial charge in [-0.25, -0.2) is 0 Å². The van der Waals surface area contributed by atoms with Crippen LogP contribution in [0.3, 0.4) is 0 Å². The number of aliphatic imine (C=N–C) groups is 2. The van der Waals surface area contributed by atoms with E-state index in [0.717, 1.165) is 21.3 Å². The van der Waals surface area contributed by atoms with E-state index < -0.39 is 89.9 Å². The Morgan fingerprint density at radius 2 is 1.23 bits per heavy atom. The first-order chi connectivity index (χ1) is 37.9. The summed E-state index contributed by atoms with van der Waals surface area (Å²) in [6, 6.07) is 18.4. The number of para-hydroxylation sites is 1. The molecule has 0 saturated carbocycles. The Labute approximate surface area is 459 Å². The summed E-state index contributed by atoms with van der Waals surface area (Å²) in [6.07, 6.45) is 1.75. The predicted octanol–water partition coefficient (Wildman–Crippen LogP) is -0.629. The van der Waals surface area contributed by atoms with Gasteiger partial charge >= 0.3 is 0 Å². The summed E-state index contributed by atoms with van der Waals surface area (Å²) in [4.78, 5) is 136. The standard InChI is InChI=1S/C54H67N15O9S/c55-44(70)29-40(47(56)73)67-48(74)38(15-6-22-61-53(57)58)65-51(77)43-17-8-24-69(43)52(78)39(16-7-23-62-54(59)60)66-49(75)41(26-31-18-20-33(21-19-31)46(72)32-10-2-1-3-11-32)68-50(76)42(64-45(71)28-35-12-9-25-79-35)27-34-30-63-37-14-5-4-13-36(34)37/h1-5,9-14,18-21,25,30,38-43,63H,6-8,15-17,22-24,26-29H2,(H2,55,70)(H2,56,73)(H,64,71)(H,65,77)(H,66,75)(H,67,74)(H,68,76)(H4,57,58,61)(H4,59,60,62)/t38-,39-,40-,41-,42-,43-/m0/s1. The molecule has 6 rings (SSSR count). The van der Waals surface area contributed by atoms with E-state index in [-0.39, 0.29) is 88.7 Å². The van der Waals surface area contributed by atoms with Gasteiger partial charge in [-0.15, -0.1) is 11.3 Å². The number of likely N-dealkylation sites (tertiary alicyclic amines) is 1. The minimum atomic E-state index is -1.49. The number of nitrogens with two attached hydrogens (primary N) is 6. The van der Waals surface area contributed by atoms with E-state index in [1.807, 2.05) is 35.7 Å². The lowest BCUT2D eigenvalue weighted by Gasteiger charge is -2.31. The number of H-pyrrole nitrogens is 1. The number of hydrogen-bond donors (Lipinski definition) is 12. The van der Waals surface area contributed by atoms with E-state index in [1.54, 1.807) is 66.9 Å². The summed E-state index contributed by atoms with van der Waals surface area (Å²) in [6.45, 7) is 0.183. The summed E-state index contributed by atoms with van der Waals surface area (Å²) in [5, 5.41) is 16.3. The molecule has 2 aromatic heterocycles. The number of benzene rings is 3. The fraction of sp³-hybridized carbons (Fsp3) is 0.352. The average molecular weight is 1100 g/mol. The lowest BCUT2D eigenvalue weighted by Crippen LogP contribution is -2.60. The van der Waals surface area contributed by atoms with E-state index in [1.165, 1.54) is 16.2 Å². The maximum atomic E-state index is 14.9. The number of rotatable bonds is 29. The first-order valence-corrected chi connectivity index (χ1v) is 26.5. The minimum Gasteiger partial charge on any atom is -0.370 e. The van der Waals surface area contributed by atoms with Gasteiger partial charge in [0, 0.05) is 65.6 Å². The van der Waals surface area contributed by atoms with E-state index in [0.29, 0.717) is 23.1 Å². The predicted molar refractivity (Wildman–Crippen MR) is 297 cm³/mol. The number of thiophene rings is 1. The molecule has 18 N–H and O–H groups in total. The molecule has 1 saturated heterocycles. The summed E-state index contributed by atoms with van der Waals surface area (Å²) < 4.78 is 0. The molecular weight excluding hydrogens is 1030 g/mol. The van der Waals surface area contributed by atoms with Gasteiger partial charge in [0.05, 0.1) is 12.8 Å². The molecule has 6 atom stereocenters. The molecule has 1 aliphatic rings. The third-order valence-corrected chi connectivity index (χ3v) is 13.9. The first kappa shape index (κ1) is 59.1. The smallest absolute Gasteiger partial charge is 0.245 e. The summed E-state index contributed by atoms with van der Waals surface area (Å²) >= 11 is 1.38. The van der Waals surface area contributed by atoms with Crippen molar-refractivity contribution in [3.05, 3.63) is 130 Å². The Bertz CT molecular complexity index is 3010. The molecule has 8 amide bonds. The maximum Gasteiger partial charge on any atom is 0.245 e. The second kappa shape index (κ2) is 28.8. The van der Waals surface area contributed by atoms with Crippen molar-refractivity contribution in [1.29, 1.82) is 0 Å². The van der Waals surface area contributed by atoms with Crippen molar-refractivity contribution in [3.8, 4) is 0 Å². The van der Waals surface area contributed by atoms with Gasteiger partial charge in [0.15, 0.2) is 17.7 Å². The third-order valence-electron chi connectivity index (χ3n) is 13.0. The summed E-state index contributed by atoms with van der Waals surface area (Å²) in [5.74, 6) is -6.85. The van der Waals surface area contributed by atoms with E-state index in [9.17, 15) is 43.2 Å². The zero-order chi connectivity index (χ0) is 57.0. The Kier molecular flexibility index (Phi) is 21.6. The number of nitrogens with zero attached hydrogens (tertiary/aromatic N) is 3. The fourth-order valence-electron chi connectivity index (χ4n) is 9.09. The molecule has 1 aliphatic heterocycles. The quantitative estimate of drug-likeness (QED) is 0.0123. The Balaban J connectivity index is 1.29. The number of primary amides is 2. The highest BCUT2D eigenvalue weighted by Gasteiger charge is 2.40. The lowest BCUT2D eigenvalue weighted by molar-refractivity contribution is -0.142. The van der Waals surface area contributed by atoms with E-state index >= 15 is 0 Å². The summed E-state index contributed by atoms with van der Waals surface area (Å²) in [7, 11) is 0. The van der Waals surface area contributed by atoms with Crippen molar-refractivity contribution in [1.82, 2.24) is 36.5 Å². The molecular formula is C54H67N15O9S. The van der Waals surface area contributed by atoms with Crippen LogP contribution in [0.1, 0.15) is 76.9 Å². The van der Waals surface area contributed by atoms with Crippen molar-refractivity contribution < 1.29 is 43.2 Å². The number of nitrogens with one attached hydrogen (secondary N) is 6. The molecule has 0 aliphatic carbocycles. The third kappa shape index (κ3) is 17.7. The Morgan fingerprint density at radius 3 is 1.86 bits per heavy atom. The van der Waals surface area contributed by atoms with Crippen LogP contribution in [-0.2, 0) is 57.6 Å². The topological polar surface area (TPSA) is 414 Å². The highest BCUT2D eigenvalue weighted by molar-refractivity contribution is 7.10.